The molecule has 100 valence electrons. The van der Waals surface area contributed by atoms with Crippen molar-refractivity contribution in [3.63, 3.8) is 0 Å². The van der Waals surface area contributed by atoms with Gasteiger partial charge < -0.3 is 5.32 Å². The maximum atomic E-state index is 13.1. The molecule has 1 aromatic carbocycles. The highest BCUT2D eigenvalue weighted by atomic mass is 79.9. The van der Waals surface area contributed by atoms with Gasteiger partial charge in [0.05, 0.1) is 5.56 Å². The first-order chi connectivity index (χ1) is 9.10. The van der Waals surface area contributed by atoms with E-state index in [-0.39, 0.29) is 5.56 Å². The van der Waals surface area contributed by atoms with E-state index in [4.69, 9.17) is 0 Å². The van der Waals surface area contributed by atoms with E-state index in [2.05, 4.69) is 38.4 Å². The summed E-state index contributed by atoms with van der Waals surface area (Å²) < 4.78 is 13.7. The molecule has 0 spiro atoms. The van der Waals surface area contributed by atoms with Crippen LogP contribution >= 0.6 is 15.9 Å². The number of hydrogen-bond acceptors (Lipinski definition) is 2. The number of nitrogens with one attached hydrogen (secondary N) is 2. The summed E-state index contributed by atoms with van der Waals surface area (Å²) in [5.41, 5.74) is 1.19. The number of rotatable bonds is 4. The summed E-state index contributed by atoms with van der Waals surface area (Å²) in [7, 11) is 0. The van der Waals surface area contributed by atoms with Crippen molar-refractivity contribution in [3.05, 3.63) is 45.8 Å². The number of benzene rings is 1. The highest BCUT2D eigenvalue weighted by Crippen LogP contribution is 2.19. The number of halogens is 2. The van der Waals surface area contributed by atoms with Gasteiger partial charge in [-0.1, -0.05) is 13.3 Å². The van der Waals surface area contributed by atoms with E-state index in [1.165, 1.54) is 18.2 Å². The third-order valence-corrected chi connectivity index (χ3v) is 3.26. The van der Waals surface area contributed by atoms with Crippen molar-refractivity contribution in [3.8, 4) is 0 Å². The fourth-order valence-corrected chi connectivity index (χ4v) is 2.10. The molecule has 19 heavy (non-hydrogen) atoms. The Kier molecular flexibility index (Phi) is 4.31. The summed E-state index contributed by atoms with van der Waals surface area (Å²) >= 11 is 3.22. The number of H-pyrrole nitrogens is 1. The molecule has 2 aromatic rings. The summed E-state index contributed by atoms with van der Waals surface area (Å²) in [4.78, 5) is 12.0. The number of carbonyl (C=O) groups excluding carboxylic acids is 1. The Labute approximate surface area is 118 Å². The van der Waals surface area contributed by atoms with Crippen molar-refractivity contribution >= 4 is 27.7 Å². The maximum absolute atomic E-state index is 13.1. The van der Waals surface area contributed by atoms with E-state index >= 15 is 0 Å². The van der Waals surface area contributed by atoms with Crippen LogP contribution in [0.3, 0.4) is 0 Å². The van der Waals surface area contributed by atoms with Gasteiger partial charge in [-0.15, -0.1) is 0 Å². The molecular weight excluding hydrogens is 313 g/mol. The number of aryl methyl sites for hydroxylation is 1. The Balaban J connectivity index is 2.13. The first kappa shape index (κ1) is 13.7. The lowest BCUT2D eigenvalue weighted by atomic mass is 10.2. The molecular formula is C13H13BrFN3O. The second kappa shape index (κ2) is 5.97. The predicted octanol–water partition coefficient (Wildman–Crippen LogP) is 3.52. The molecule has 4 nitrogen and oxygen atoms in total. The molecule has 6 heteroatoms. The van der Waals surface area contributed by atoms with Crippen LogP contribution in [-0.2, 0) is 6.42 Å². The number of aromatic amines is 1. The molecule has 0 saturated carbocycles. The van der Waals surface area contributed by atoms with Gasteiger partial charge in [-0.3, -0.25) is 9.89 Å². The summed E-state index contributed by atoms with van der Waals surface area (Å²) in [6.07, 6.45) is 1.86. The van der Waals surface area contributed by atoms with Crippen LogP contribution in [0, 0.1) is 5.82 Å². The number of nitrogens with zero attached hydrogens (tertiary/aromatic N) is 1. The minimum Gasteiger partial charge on any atom is -0.305 e. The van der Waals surface area contributed by atoms with Gasteiger partial charge in [0.15, 0.2) is 5.82 Å². The molecule has 1 heterocycles. The molecule has 0 unspecified atom stereocenters. The van der Waals surface area contributed by atoms with Crippen LogP contribution in [0.25, 0.3) is 0 Å². The Morgan fingerprint density at radius 2 is 2.26 bits per heavy atom. The van der Waals surface area contributed by atoms with Crippen molar-refractivity contribution in [1.29, 1.82) is 0 Å². The molecule has 0 bridgehead atoms. The average molecular weight is 326 g/mol. The Hall–Kier alpha value is -1.69. The normalized spacial score (nSPS) is 10.5. The fourth-order valence-electron chi connectivity index (χ4n) is 1.68. The minimum atomic E-state index is -0.456. The third-order valence-electron chi connectivity index (χ3n) is 2.56. The van der Waals surface area contributed by atoms with Gasteiger partial charge in [-0.05, 0) is 40.5 Å². The fraction of sp³-hybridized carbons (Fsp3) is 0.231. The second-order valence-corrected chi connectivity index (χ2v) is 4.96. The molecule has 2 N–H and O–H groups in total. The Morgan fingerprint density at radius 3 is 3.00 bits per heavy atom. The smallest absolute Gasteiger partial charge is 0.258 e. The molecule has 0 aliphatic heterocycles. The average Bonchev–Trinajstić information content (AvgIpc) is 2.80. The third kappa shape index (κ3) is 3.41. The molecule has 0 radical (unpaired) electrons. The number of hydrogen-bond donors (Lipinski definition) is 2. The summed E-state index contributed by atoms with van der Waals surface area (Å²) in [5, 5.41) is 9.45. The molecule has 0 atom stereocenters. The first-order valence-corrected chi connectivity index (χ1v) is 6.70. The molecule has 2 rings (SSSR count). The number of aromatic nitrogens is 2. The van der Waals surface area contributed by atoms with Crippen LogP contribution in [0.1, 0.15) is 29.4 Å². The minimum absolute atomic E-state index is 0.236. The van der Waals surface area contributed by atoms with E-state index in [0.29, 0.717) is 10.3 Å². The Bertz CT molecular complexity index is 597. The lowest BCUT2D eigenvalue weighted by Gasteiger charge is -2.04. The van der Waals surface area contributed by atoms with E-state index < -0.39 is 11.7 Å². The van der Waals surface area contributed by atoms with Gasteiger partial charge in [0.25, 0.3) is 5.91 Å². The van der Waals surface area contributed by atoms with Gasteiger partial charge in [0.1, 0.15) is 5.82 Å². The highest BCUT2D eigenvalue weighted by molar-refractivity contribution is 9.10. The van der Waals surface area contributed by atoms with Crippen LogP contribution in [-0.4, -0.2) is 16.1 Å². The molecule has 0 aliphatic rings. The van der Waals surface area contributed by atoms with Crippen LogP contribution in [0.5, 0.6) is 0 Å². The van der Waals surface area contributed by atoms with Gasteiger partial charge in [-0.25, -0.2) is 4.39 Å². The lowest BCUT2D eigenvalue weighted by Crippen LogP contribution is -2.13. The van der Waals surface area contributed by atoms with E-state index in [0.717, 1.165) is 18.5 Å². The van der Waals surface area contributed by atoms with Crippen LogP contribution < -0.4 is 5.32 Å². The summed E-state index contributed by atoms with van der Waals surface area (Å²) in [6.45, 7) is 2.06. The van der Waals surface area contributed by atoms with E-state index in [9.17, 15) is 9.18 Å². The number of carbonyl (C=O) groups is 1. The molecule has 1 aromatic heterocycles. The van der Waals surface area contributed by atoms with Crippen molar-refractivity contribution in [2.45, 2.75) is 19.8 Å². The van der Waals surface area contributed by atoms with Gasteiger partial charge in [0, 0.05) is 16.2 Å². The zero-order valence-electron chi connectivity index (χ0n) is 10.3. The maximum Gasteiger partial charge on any atom is 0.258 e. The van der Waals surface area contributed by atoms with Gasteiger partial charge >= 0.3 is 0 Å². The second-order valence-electron chi connectivity index (χ2n) is 4.11. The first-order valence-electron chi connectivity index (χ1n) is 5.91. The molecule has 0 fully saturated rings. The number of anilines is 1. The van der Waals surface area contributed by atoms with Gasteiger partial charge in [0.2, 0.25) is 0 Å². The van der Waals surface area contributed by atoms with Crippen molar-refractivity contribution in [1.82, 2.24) is 10.2 Å². The molecule has 0 aliphatic carbocycles. The zero-order valence-corrected chi connectivity index (χ0v) is 11.9. The van der Waals surface area contributed by atoms with Crippen LogP contribution in [0.15, 0.2) is 28.7 Å². The largest absolute Gasteiger partial charge is 0.305 e. The quantitative estimate of drug-likeness (QED) is 0.903. The van der Waals surface area contributed by atoms with Crippen LogP contribution in [0.4, 0.5) is 10.2 Å². The monoisotopic (exact) mass is 325 g/mol. The molecule has 1 amide bonds. The van der Waals surface area contributed by atoms with Gasteiger partial charge in [-0.2, -0.15) is 5.10 Å². The van der Waals surface area contributed by atoms with Crippen molar-refractivity contribution < 1.29 is 9.18 Å². The van der Waals surface area contributed by atoms with E-state index in [1.54, 1.807) is 6.07 Å². The Morgan fingerprint density at radius 1 is 1.47 bits per heavy atom. The predicted molar refractivity (Wildman–Crippen MR) is 74.6 cm³/mol. The highest BCUT2D eigenvalue weighted by Gasteiger charge is 2.12. The zero-order chi connectivity index (χ0) is 13.8. The lowest BCUT2D eigenvalue weighted by molar-refractivity contribution is 0.102. The topological polar surface area (TPSA) is 57.8 Å². The summed E-state index contributed by atoms with van der Waals surface area (Å²) in [5.74, 6) is -0.424. The standard InChI is InChI=1S/C13H13BrFN3O/c1-2-3-9-7-12(18-17-9)16-13(19)10-6-8(15)4-5-11(10)14/h4-7H,2-3H2,1H3,(H2,16,17,18,19). The van der Waals surface area contributed by atoms with Crippen molar-refractivity contribution in [2.24, 2.45) is 0 Å². The molecule has 0 saturated heterocycles. The SMILES string of the molecule is CCCc1cc(NC(=O)c2cc(F)ccc2Br)n[nH]1. The van der Waals surface area contributed by atoms with Crippen molar-refractivity contribution in [2.75, 3.05) is 5.32 Å². The summed E-state index contributed by atoms with van der Waals surface area (Å²) in [6, 6.07) is 5.74. The van der Waals surface area contributed by atoms with Crippen LogP contribution in [0.2, 0.25) is 0 Å². The van der Waals surface area contributed by atoms with E-state index in [1.807, 2.05) is 0 Å². The number of amides is 1.